The van der Waals surface area contributed by atoms with Crippen LogP contribution in [0.2, 0.25) is 0 Å². The second kappa shape index (κ2) is 40.5. The van der Waals surface area contributed by atoms with Gasteiger partial charge in [0, 0.05) is 25.2 Å². The molecule has 32 nitrogen and oxygen atoms in total. The summed E-state index contributed by atoms with van der Waals surface area (Å²) >= 11 is 0. The van der Waals surface area contributed by atoms with Crippen molar-refractivity contribution in [1.82, 2.24) is 20.4 Å². The van der Waals surface area contributed by atoms with Crippen LogP contribution in [0.15, 0.2) is 60.7 Å². The molecule has 4 rings (SSSR count). The maximum Gasteiger partial charge on any atom is 0.421 e. The van der Waals surface area contributed by atoms with Gasteiger partial charge in [0.1, 0.15) is 12.2 Å². The molecule has 0 aliphatic heterocycles. The number of esters is 2. The monoisotopic (exact) mass is 1380 g/mol. The fraction of sp³-hybridized carbons (Fsp3) is 0.545. The summed E-state index contributed by atoms with van der Waals surface area (Å²) in [6.07, 6.45) is -2.47. The summed E-state index contributed by atoms with van der Waals surface area (Å²) in [6, 6.07) is 21.1. The number of hydrogen-bond acceptors (Lipinski definition) is 26. The second-order valence-corrected chi connectivity index (χ2v) is 22.5. The number of amides is 2. The van der Waals surface area contributed by atoms with E-state index in [9.17, 15) is 49.9 Å². The Morgan fingerprint density at radius 3 is 1.08 bits per heavy atom. The third-order valence-electron chi connectivity index (χ3n) is 16.3. The number of rotatable bonds is 42. The lowest BCUT2D eigenvalue weighted by Crippen LogP contribution is -2.47. The highest BCUT2D eigenvalue weighted by Gasteiger charge is 2.38. The van der Waals surface area contributed by atoms with Crippen molar-refractivity contribution in [3.8, 4) is 69.6 Å². The van der Waals surface area contributed by atoms with Crippen LogP contribution < -0.4 is 58.0 Å². The molecule has 8 unspecified atom stereocenters. The Kier molecular flexibility index (Phi) is 34.8. The molecule has 4 aromatic carbocycles. The molecule has 0 bridgehead atoms. The van der Waals surface area contributed by atoms with Gasteiger partial charge in [-0.15, -0.1) is 20.2 Å². The summed E-state index contributed by atoms with van der Waals surface area (Å²) in [5.74, 6) is -4.07. The summed E-state index contributed by atoms with van der Waals surface area (Å²) in [5, 5.41) is 46.1. The number of carbonyl (C=O) groups excluding carboxylic acids is 4. The highest BCUT2D eigenvalue weighted by molar-refractivity contribution is 6.30. The Balaban J connectivity index is 0.0000163. The van der Waals surface area contributed by atoms with Crippen LogP contribution in [0.3, 0.4) is 0 Å². The normalized spacial score (nSPS) is 13.8. The Labute approximate surface area is 570 Å². The van der Waals surface area contributed by atoms with Crippen molar-refractivity contribution in [2.45, 2.75) is 141 Å². The summed E-state index contributed by atoms with van der Waals surface area (Å²) in [4.78, 5) is 90.6. The molecular formula is C66H94N8O24. The van der Waals surface area contributed by atoms with Gasteiger partial charge < -0.3 is 88.1 Å². The largest absolute Gasteiger partial charge is 0.493 e. The van der Waals surface area contributed by atoms with Gasteiger partial charge in [0.15, 0.2) is 46.0 Å². The lowest BCUT2D eigenvalue weighted by molar-refractivity contribution is -0.767. The van der Waals surface area contributed by atoms with Crippen molar-refractivity contribution >= 4 is 23.8 Å². The number of ether oxygens (including phenoxy) is 12. The van der Waals surface area contributed by atoms with E-state index in [4.69, 9.17) is 56.8 Å². The van der Waals surface area contributed by atoms with Crippen LogP contribution in [0.5, 0.6) is 57.5 Å². The SMILES string of the molecule is CCCC(C#N)(CCCN(C)C(C)c1ccc(OC(OC(=O)C(=O)OC(Oc2ccc(C(C)N(C)CCCC(C#N)(CCC)c3cc(OC)c(OC)c(OC)c3)cc2OC)C(=O)NCC(C)O[N+](=O)[O-])C(=O)NCC(C)O[N+](=O)[O-])c(OC)c1)c1cc(OC)c(OC)c(OC)c1.O.O. The van der Waals surface area contributed by atoms with E-state index in [0.717, 1.165) is 24.0 Å². The Bertz CT molecular complexity index is 3100. The van der Waals surface area contributed by atoms with Gasteiger partial charge in [-0.05, 0) is 164 Å². The van der Waals surface area contributed by atoms with E-state index in [0.29, 0.717) is 97.2 Å². The molecule has 0 aliphatic carbocycles. The van der Waals surface area contributed by atoms with Gasteiger partial charge in [-0.2, -0.15) is 10.5 Å². The molecular weight excluding hydrogens is 1290 g/mol. The molecule has 542 valence electrons. The van der Waals surface area contributed by atoms with Crippen molar-refractivity contribution in [3.63, 3.8) is 0 Å². The average Bonchev–Trinajstić information content (AvgIpc) is 0.801. The molecule has 98 heavy (non-hydrogen) atoms. The molecule has 32 heteroatoms. The van der Waals surface area contributed by atoms with E-state index in [2.05, 4.69) is 42.2 Å². The van der Waals surface area contributed by atoms with Crippen LogP contribution in [-0.2, 0) is 49.2 Å². The molecule has 2 amide bonds. The number of benzene rings is 4. The summed E-state index contributed by atoms with van der Waals surface area (Å²) < 4.78 is 67.3. The van der Waals surface area contributed by atoms with Gasteiger partial charge in [0.25, 0.3) is 10.2 Å². The fourth-order valence-corrected chi connectivity index (χ4v) is 10.8. The number of nitrogens with one attached hydrogen (secondary N) is 2. The van der Waals surface area contributed by atoms with Crippen molar-refractivity contribution in [1.29, 1.82) is 10.5 Å². The smallest absolute Gasteiger partial charge is 0.421 e. The molecule has 0 aromatic heterocycles. The maximum atomic E-state index is 13.8. The number of nitriles is 2. The van der Waals surface area contributed by atoms with Gasteiger partial charge in [-0.25, -0.2) is 9.59 Å². The van der Waals surface area contributed by atoms with Gasteiger partial charge in [0.05, 0.1) is 79.8 Å². The highest BCUT2D eigenvalue weighted by Crippen LogP contribution is 2.46. The molecule has 8 atom stereocenters. The first-order valence-corrected chi connectivity index (χ1v) is 30.9. The van der Waals surface area contributed by atoms with Crippen LogP contribution in [0.4, 0.5) is 0 Å². The van der Waals surface area contributed by atoms with E-state index < -0.39 is 82.6 Å². The summed E-state index contributed by atoms with van der Waals surface area (Å²) in [6.45, 7) is 10.4. The summed E-state index contributed by atoms with van der Waals surface area (Å²) in [5.41, 5.74) is 1.06. The van der Waals surface area contributed by atoms with Crippen molar-refractivity contribution < 1.29 is 107 Å². The third-order valence-corrected chi connectivity index (χ3v) is 16.3. The van der Waals surface area contributed by atoms with Gasteiger partial charge in [-0.1, -0.05) is 38.8 Å². The number of hydrogen-bond donors (Lipinski definition) is 2. The molecule has 4 aromatic rings. The predicted molar refractivity (Wildman–Crippen MR) is 352 cm³/mol. The Hall–Kier alpha value is -10.0. The van der Waals surface area contributed by atoms with Crippen LogP contribution in [0.1, 0.15) is 127 Å². The first kappa shape index (κ1) is 84.1. The van der Waals surface area contributed by atoms with E-state index in [-0.39, 0.29) is 46.0 Å². The molecule has 0 saturated heterocycles. The molecule has 0 heterocycles. The second-order valence-electron chi connectivity index (χ2n) is 22.5. The van der Waals surface area contributed by atoms with Crippen LogP contribution >= 0.6 is 0 Å². The molecule has 0 radical (unpaired) electrons. The Morgan fingerprint density at radius 2 is 0.816 bits per heavy atom. The standard InChI is InChI=1S/C66H90N8O22.2H2O/c1-17-25-65(39-67,47-33-53(85-11)57(89-15)54(34-47)86-12)27-19-29-71(7)43(5)45-21-23-49(51(31-45)83-9)91-63(59(75)69-37-41(3)95-73(79)80)93-61(77)62(78)94-64(60(76)70-38-42(4)96-74(81)82)92-50-24-22-46(32-52(50)84-10)44(6)72(8)30-20-28-66(40-68,26-18-2)48-35-55(87-13)58(90-16)56(36-48)88-14;;/h21-24,31-36,41-44,63-64H,17-20,25-30,37-38H2,1-16H3,(H,69,75)(H,70,76);2*1H2. The molecule has 6 N–H and O–H groups in total. The third kappa shape index (κ3) is 22.5. The first-order chi connectivity index (χ1) is 45.7. The van der Waals surface area contributed by atoms with E-state index in [1.165, 1.54) is 82.9 Å². The zero-order chi connectivity index (χ0) is 71.5. The van der Waals surface area contributed by atoms with E-state index >= 15 is 0 Å². The first-order valence-electron chi connectivity index (χ1n) is 30.9. The van der Waals surface area contributed by atoms with E-state index in [1.54, 1.807) is 48.5 Å². The van der Waals surface area contributed by atoms with Crippen molar-refractivity contribution in [2.24, 2.45) is 0 Å². The Morgan fingerprint density at radius 1 is 0.500 bits per heavy atom. The lowest BCUT2D eigenvalue weighted by Gasteiger charge is -2.31. The number of carbonyl (C=O) groups is 4. The fourth-order valence-electron chi connectivity index (χ4n) is 10.8. The van der Waals surface area contributed by atoms with Crippen LogP contribution in [0, 0.1) is 42.9 Å². The zero-order valence-corrected chi connectivity index (χ0v) is 58.4. The number of methoxy groups -OCH3 is 8. The lowest BCUT2D eigenvalue weighted by atomic mass is 9.74. The van der Waals surface area contributed by atoms with Crippen molar-refractivity contribution in [3.05, 3.63) is 103 Å². The summed E-state index contributed by atoms with van der Waals surface area (Å²) in [7, 11) is 15.5. The van der Waals surface area contributed by atoms with Crippen LogP contribution in [0.25, 0.3) is 0 Å². The van der Waals surface area contributed by atoms with Gasteiger partial charge in [-0.3, -0.25) is 19.4 Å². The van der Waals surface area contributed by atoms with Gasteiger partial charge in [0.2, 0.25) is 11.5 Å². The highest BCUT2D eigenvalue weighted by atomic mass is 17.0. The molecule has 0 aliphatic rings. The topological polar surface area (TPSA) is 425 Å². The molecule has 0 saturated carbocycles. The predicted octanol–water partition coefficient (Wildman–Crippen LogP) is 6.80. The van der Waals surface area contributed by atoms with E-state index in [1.807, 2.05) is 41.8 Å². The quantitative estimate of drug-likeness (QED) is 0.0151. The van der Waals surface area contributed by atoms with Crippen LogP contribution in [-0.4, -0.2) is 177 Å². The minimum Gasteiger partial charge on any atom is -0.493 e. The minimum absolute atomic E-state index is 0. The molecule has 0 spiro atoms. The minimum atomic E-state index is -2.35. The average molecular weight is 1380 g/mol. The zero-order valence-electron chi connectivity index (χ0n) is 58.4. The maximum absolute atomic E-state index is 13.8. The number of nitrogens with zero attached hydrogens (tertiary/aromatic N) is 6. The van der Waals surface area contributed by atoms with Gasteiger partial charge >= 0.3 is 36.3 Å². The van der Waals surface area contributed by atoms with Crippen molar-refractivity contribution in [2.75, 3.05) is 97.2 Å². The molecule has 0 fully saturated rings.